The lowest BCUT2D eigenvalue weighted by molar-refractivity contribution is 0.152. The Morgan fingerprint density at radius 2 is 1.62 bits per heavy atom. The van der Waals surface area contributed by atoms with Gasteiger partial charge in [-0.2, -0.15) is 0 Å². The maximum absolute atomic E-state index is 9.32. The number of nitrogens with zero attached hydrogens (tertiary/aromatic N) is 1. The molecule has 21 heavy (non-hydrogen) atoms. The summed E-state index contributed by atoms with van der Waals surface area (Å²) in [5.41, 5.74) is 2.16. The molecule has 0 unspecified atom stereocenters. The quantitative estimate of drug-likeness (QED) is 0.689. The molecule has 1 aliphatic heterocycles. The van der Waals surface area contributed by atoms with E-state index in [1.54, 1.807) is 0 Å². The number of hydrogen-bond donors (Lipinski definition) is 3. The van der Waals surface area contributed by atoms with Crippen LogP contribution in [0.5, 0.6) is 0 Å². The zero-order valence-electron chi connectivity index (χ0n) is 12.2. The first kappa shape index (κ1) is 16.0. The summed E-state index contributed by atoms with van der Waals surface area (Å²) in [6.07, 6.45) is 0.501. The van der Waals surface area contributed by atoms with Gasteiger partial charge >= 0.3 is 0 Å². The summed E-state index contributed by atoms with van der Waals surface area (Å²) in [4.78, 5) is 2.27. The topological polar surface area (TPSA) is 63.9 Å². The number of likely N-dealkylation sites (tertiary alicyclic amines) is 1. The minimum atomic E-state index is 0.0953. The Kier molecular flexibility index (Phi) is 6.21. The van der Waals surface area contributed by atoms with Crippen molar-refractivity contribution in [1.82, 2.24) is 4.90 Å². The van der Waals surface area contributed by atoms with E-state index in [9.17, 15) is 10.2 Å². The van der Waals surface area contributed by atoms with Gasteiger partial charge in [0.25, 0.3) is 0 Å². The second kappa shape index (κ2) is 8.16. The van der Waals surface area contributed by atoms with Gasteiger partial charge in [-0.15, -0.1) is 0 Å². The summed E-state index contributed by atoms with van der Waals surface area (Å²) in [5.74, 6) is 6.27. The van der Waals surface area contributed by atoms with E-state index >= 15 is 0 Å². The molecule has 1 aromatic rings. The third-order valence-electron chi connectivity index (χ3n) is 3.95. The average Bonchev–Trinajstić information content (AvgIpc) is 2.91. The first-order valence-corrected chi connectivity index (χ1v) is 7.39. The van der Waals surface area contributed by atoms with Gasteiger partial charge < -0.3 is 15.3 Å². The van der Waals surface area contributed by atoms with Crippen LogP contribution < -0.4 is 0 Å². The van der Waals surface area contributed by atoms with Crippen molar-refractivity contribution in [2.45, 2.75) is 13.0 Å². The van der Waals surface area contributed by atoms with Crippen molar-refractivity contribution in [3.8, 4) is 11.8 Å². The lowest BCUT2D eigenvalue weighted by atomic mass is 9.98. The molecule has 0 bridgehead atoms. The molecule has 1 aromatic carbocycles. The van der Waals surface area contributed by atoms with Crippen LogP contribution in [-0.2, 0) is 6.54 Å². The molecule has 0 aliphatic carbocycles. The van der Waals surface area contributed by atoms with Crippen LogP contribution >= 0.6 is 0 Å². The predicted octanol–water partition coefficient (Wildman–Crippen LogP) is 0.453. The van der Waals surface area contributed by atoms with E-state index in [-0.39, 0.29) is 31.7 Å². The van der Waals surface area contributed by atoms with Crippen molar-refractivity contribution >= 4 is 0 Å². The Labute approximate surface area is 126 Å². The molecular weight excluding hydrogens is 266 g/mol. The fourth-order valence-corrected chi connectivity index (χ4v) is 2.75. The highest BCUT2D eigenvalue weighted by Gasteiger charge is 2.31. The minimum absolute atomic E-state index is 0.0953. The molecule has 1 fully saturated rings. The van der Waals surface area contributed by atoms with Crippen molar-refractivity contribution in [3.63, 3.8) is 0 Å². The van der Waals surface area contributed by atoms with Gasteiger partial charge in [0.05, 0.1) is 6.61 Å². The summed E-state index contributed by atoms with van der Waals surface area (Å²) in [6.45, 7) is 2.87. The Morgan fingerprint density at radius 1 is 1.00 bits per heavy atom. The van der Waals surface area contributed by atoms with Gasteiger partial charge in [0.2, 0.25) is 0 Å². The van der Waals surface area contributed by atoms with Gasteiger partial charge in [0, 0.05) is 56.7 Å². The van der Waals surface area contributed by atoms with E-state index in [2.05, 4.69) is 28.9 Å². The third-order valence-corrected chi connectivity index (χ3v) is 3.95. The lowest BCUT2D eigenvalue weighted by Crippen LogP contribution is -2.21. The van der Waals surface area contributed by atoms with Crippen molar-refractivity contribution < 1.29 is 15.3 Å². The van der Waals surface area contributed by atoms with Gasteiger partial charge in [0.15, 0.2) is 0 Å². The Balaban J connectivity index is 1.91. The van der Waals surface area contributed by atoms with E-state index in [0.29, 0.717) is 6.42 Å². The Hall–Kier alpha value is -1.38. The fraction of sp³-hybridized carbons (Fsp3) is 0.529. The Bertz CT molecular complexity index is 477. The molecule has 0 radical (unpaired) electrons. The summed E-state index contributed by atoms with van der Waals surface area (Å²) in [6, 6.07) is 8.10. The highest BCUT2D eigenvalue weighted by molar-refractivity contribution is 5.36. The van der Waals surface area contributed by atoms with Crippen molar-refractivity contribution in [2.24, 2.45) is 11.8 Å². The maximum Gasteiger partial charge on any atom is 0.0540 e. The summed E-state index contributed by atoms with van der Waals surface area (Å²) in [5, 5.41) is 27.3. The predicted molar refractivity (Wildman–Crippen MR) is 81.5 cm³/mol. The van der Waals surface area contributed by atoms with E-state index in [0.717, 1.165) is 25.2 Å². The molecule has 0 amide bonds. The largest absolute Gasteiger partial charge is 0.396 e. The van der Waals surface area contributed by atoms with Gasteiger partial charge in [-0.25, -0.2) is 0 Å². The molecule has 4 nitrogen and oxygen atoms in total. The van der Waals surface area contributed by atoms with Gasteiger partial charge in [-0.1, -0.05) is 24.0 Å². The second-order valence-corrected chi connectivity index (χ2v) is 5.55. The molecule has 2 rings (SSSR count). The van der Waals surface area contributed by atoms with Crippen LogP contribution in [0.1, 0.15) is 17.5 Å². The van der Waals surface area contributed by atoms with Gasteiger partial charge in [0.1, 0.15) is 0 Å². The zero-order valence-corrected chi connectivity index (χ0v) is 12.2. The molecule has 2 atom stereocenters. The van der Waals surface area contributed by atoms with Crippen LogP contribution in [0.4, 0.5) is 0 Å². The molecule has 0 aromatic heterocycles. The highest BCUT2D eigenvalue weighted by atomic mass is 16.3. The number of hydrogen-bond acceptors (Lipinski definition) is 4. The maximum atomic E-state index is 9.32. The van der Waals surface area contributed by atoms with Crippen molar-refractivity contribution in [2.75, 3.05) is 32.9 Å². The van der Waals surface area contributed by atoms with E-state index in [1.165, 1.54) is 5.56 Å². The highest BCUT2D eigenvalue weighted by Crippen LogP contribution is 2.24. The standard InChI is InChI=1S/C17H23NO3/c19-8-2-1-3-14-4-6-15(7-5-14)9-18-10-16(12-20)17(11-18)13-21/h4-7,16-17,19-21H,2,8-13H2/t16-,17-/m0/s1. The second-order valence-electron chi connectivity index (χ2n) is 5.55. The van der Waals surface area contributed by atoms with Crippen molar-refractivity contribution in [1.29, 1.82) is 0 Å². The molecule has 1 saturated heterocycles. The van der Waals surface area contributed by atoms with E-state index in [4.69, 9.17) is 5.11 Å². The monoisotopic (exact) mass is 289 g/mol. The average molecular weight is 289 g/mol. The van der Waals surface area contributed by atoms with Crippen LogP contribution in [0.15, 0.2) is 24.3 Å². The van der Waals surface area contributed by atoms with Gasteiger partial charge in [-0.05, 0) is 17.7 Å². The summed E-state index contributed by atoms with van der Waals surface area (Å²) < 4.78 is 0. The SMILES string of the molecule is OCCC#Cc1ccc(CN2C[C@@H](CO)[C@H](CO)C2)cc1. The number of aliphatic hydroxyl groups excluding tert-OH is 3. The lowest BCUT2D eigenvalue weighted by Gasteiger charge is -2.15. The smallest absolute Gasteiger partial charge is 0.0540 e. The summed E-state index contributed by atoms with van der Waals surface area (Å²) >= 11 is 0. The molecule has 4 heteroatoms. The molecule has 1 aliphatic rings. The molecule has 0 saturated carbocycles. The van der Waals surface area contributed by atoms with Crippen LogP contribution in [0.3, 0.4) is 0 Å². The van der Waals surface area contributed by atoms with Gasteiger partial charge in [-0.3, -0.25) is 4.90 Å². The van der Waals surface area contributed by atoms with E-state index < -0.39 is 0 Å². The van der Waals surface area contributed by atoms with Crippen LogP contribution in [0.25, 0.3) is 0 Å². The zero-order chi connectivity index (χ0) is 15.1. The molecular formula is C17H23NO3. The fourth-order valence-electron chi connectivity index (χ4n) is 2.75. The molecule has 1 heterocycles. The molecule has 0 spiro atoms. The van der Waals surface area contributed by atoms with Crippen LogP contribution in [-0.4, -0.2) is 53.1 Å². The third kappa shape index (κ3) is 4.55. The molecule has 114 valence electrons. The first-order valence-electron chi connectivity index (χ1n) is 7.39. The molecule has 3 N–H and O–H groups in total. The first-order chi connectivity index (χ1) is 10.3. The Morgan fingerprint density at radius 3 is 2.14 bits per heavy atom. The number of aliphatic hydroxyl groups is 3. The summed E-state index contributed by atoms with van der Waals surface area (Å²) in [7, 11) is 0. The van der Waals surface area contributed by atoms with E-state index in [1.807, 2.05) is 12.1 Å². The number of benzene rings is 1. The van der Waals surface area contributed by atoms with Crippen LogP contribution in [0, 0.1) is 23.7 Å². The van der Waals surface area contributed by atoms with Crippen LogP contribution in [0.2, 0.25) is 0 Å². The minimum Gasteiger partial charge on any atom is -0.396 e. The normalized spacial score (nSPS) is 22.0. The van der Waals surface area contributed by atoms with Crippen molar-refractivity contribution in [3.05, 3.63) is 35.4 Å². The number of rotatable bonds is 5.